The number of hydrogen-bond acceptors (Lipinski definition) is 3. The Balaban J connectivity index is 1.95. The fourth-order valence-electron chi connectivity index (χ4n) is 1.83. The van der Waals surface area contributed by atoms with Gasteiger partial charge in [-0.25, -0.2) is 9.78 Å². The maximum absolute atomic E-state index is 12.5. The van der Waals surface area contributed by atoms with Crippen molar-refractivity contribution in [3.8, 4) is 0 Å². The maximum atomic E-state index is 12.5. The van der Waals surface area contributed by atoms with E-state index in [0.29, 0.717) is 6.54 Å². The smallest absolute Gasteiger partial charge is 0.334 e. The lowest BCUT2D eigenvalue weighted by molar-refractivity contribution is -0.137. The second kappa shape index (κ2) is 6.86. The predicted molar refractivity (Wildman–Crippen MR) is 78.1 cm³/mol. The van der Waals surface area contributed by atoms with E-state index in [1.807, 2.05) is 0 Å². The Kier molecular flexibility index (Phi) is 5.09. The largest absolute Gasteiger partial charge is 0.416 e. The summed E-state index contributed by atoms with van der Waals surface area (Å²) in [7, 11) is 0. The molecule has 6 nitrogen and oxygen atoms in total. The van der Waals surface area contributed by atoms with Crippen molar-refractivity contribution in [3.05, 3.63) is 41.4 Å². The van der Waals surface area contributed by atoms with Gasteiger partial charge in [0.2, 0.25) is 0 Å². The molecule has 2 amide bonds. The molecule has 0 unspecified atom stereocenters. The van der Waals surface area contributed by atoms with E-state index >= 15 is 0 Å². The molecule has 0 aliphatic carbocycles. The highest BCUT2D eigenvalue weighted by Crippen LogP contribution is 2.33. The highest BCUT2D eigenvalue weighted by Gasteiger charge is 2.31. The van der Waals surface area contributed by atoms with Crippen LogP contribution in [0, 0.1) is 0 Å². The van der Waals surface area contributed by atoms with Crippen LogP contribution in [0.25, 0.3) is 0 Å². The van der Waals surface area contributed by atoms with Crippen LogP contribution in [-0.4, -0.2) is 26.8 Å². The van der Waals surface area contributed by atoms with E-state index in [1.54, 1.807) is 6.92 Å². The van der Waals surface area contributed by atoms with Crippen molar-refractivity contribution in [2.45, 2.75) is 25.7 Å². The quantitative estimate of drug-likeness (QED) is 0.892. The number of nitrogens with one attached hydrogen (secondary N) is 2. The lowest BCUT2D eigenvalue weighted by Gasteiger charge is -2.15. The number of benzene rings is 1. The third kappa shape index (κ3) is 4.85. The first-order chi connectivity index (χ1) is 10.8. The predicted octanol–water partition coefficient (Wildman–Crippen LogP) is 3.16. The lowest BCUT2D eigenvalue weighted by Crippen LogP contribution is -2.38. The number of nitrogens with zero attached hydrogens (tertiary/aromatic N) is 3. The molecule has 0 radical (unpaired) electrons. The number of halogens is 4. The van der Waals surface area contributed by atoms with Crippen LogP contribution in [0.3, 0.4) is 0 Å². The first kappa shape index (κ1) is 17.1. The molecule has 1 aromatic heterocycles. The van der Waals surface area contributed by atoms with Crippen molar-refractivity contribution in [1.29, 1.82) is 0 Å². The Morgan fingerprint density at radius 3 is 2.74 bits per heavy atom. The van der Waals surface area contributed by atoms with Crippen LogP contribution < -0.4 is 10.6 Å². The van der Waals surface area contributed by atoms with Gasteiger partial charge in [-0.15, -0.1) is 0 Å². The number of alkyl halides is 3. The molecule has 1 heterocycles. The van der Waals surface area contributed by atoms with Crippen molar-refractivity contribution < 1.29 is 18.0 Å². The molecular formula is C13H13ClF3N5O. The molecule has 10 heteroatoms. The molecule has 0 fully saturated rings. The zero-order valence-corrected chi connectivity index (χ0v) is 12.7. The summed E-state index contributed by atoms with van der Waals surface area (Å²) in [5.74, 6) is 0. The number of rotatable bonds is 4. The van der Waals surface area contributed by atoms with Gasteiger partial charge in [0.25, 0.3) is 0 Å². The summed E-state index contributed by atoms with van der Waals surface area (Å²) in [6.07, 6.45) is -1.62. The normalized spacial score (nSPS) is 12.7. The molecule has 0 saturated carbocycles. The minimum Gasteiger partial charge on any atom is -0.334 e. The Bertz CT molecular complexity index is 675. The SMILES string of the molecule is C[C@H](Cn1cncn1)NC(=O)Nc1ccc(C(F)(F)F)cc1Cl. The Labute approximate surface area is 134 Å². The number of anilines is 1. The molecule has 0 saturated heterocycles. The second-order valence-electron chi connectivity index (χ2n) is 4.81. The van der Waals surface area contributed by atoms with Crippen molar-refractivity contribution in [3.63, 3.8) is 0 Å². The first-order valence-corrected chi connectivity index (χ1v) is 6.90. The van der Waals surface area contributed by atoms with Crippen LogP contribution >= 0.6 is 11.6 Å². The molecule has 0 aliphatic heterocycles. The molecule has 0 bridgehead atoms. The number of carbonyl (C=O) groups excluding carboxylic acids is 1. The second-order valence-corrected chi connectivity index (χ2v) is 5.22. The van der Waals surface area contributed by atoms with Crippen molar-refractivity contribution in [2.24, 2.45) is 0 Å². The molecule has 1 atom stereocenters. The van der Waals surface area contributed by atoms with Crippen LogP contribution in [0.15, 0.2) is 30.9 Å². The average Bonchev–Trinajstić information content (AvgIpc) is 2.92. The summed E-state index contributed by atoms with van der Waals surface area (Å²) < 4.78 is 39.2. The summed E-state index contributed by atoms with van der Waals surface area (Å²) in [5, 5.41) is 8.73. The monoisotopic (exact) mass is 347 g/mol. The van der Waals surface area contributed by atoms with Crippen LogP contribution in [0.4, 0.5) is 23.7 Å². The summed E-state index contributed by atoms with van der Waals surface area (Å²) >= 11 is 5.77. The van der Waals surface area contributed by atoms with E-state index in [4.69, 9.17) is 11.6 Å². The fourth-order valence-corrected chi connectivity index (χ4v) is 2.06. The van der Waals surface area contributed by atoms with E-state index in [9.17, 15) is 18.0 Å². The average molecular weight is 348 g/mol. The van der Waals surface area contributed by atoms with Crippen LogP contribution in [0.5, 0.6) is 0 Å². The molecule has 124 valence electrons. The maximum Gasteiger partial charge on any atom is 0.416 e. The number of amides is 2. The summed E-state index contributed by atoms with van der Waals surface area (Å²) in [4.78, 5) is 15.6. The van der Waals surface area contributed by atoms with Gasteiger partial charge in [0.15, 0.2) is 0 Å². The summed E-state index contributed by atoms with van der Waals surface area (Å²) in [6, 6.07) is 1.85. The summed E-state index contributed by atoms with van der Waals surface area (Å²) in [6.45, 7) is 2.14. The van der Waals surface area contributed by atoms with Gasteiger partial charge < -0.3 is 10.6 Å². The molecule has 2 aromatic rings. The summed E-state index contributed by atoms with van der Waals surface area (Å²) in [5.41, 5.74) is -0.793. The van der Waals surface area contributed by atoms with Crippen LogP contribution in [0.1, 0.15) is 12.5 Å². The van der Waals surface area contributed by atoms with Gasteiger partial charge in [-0.05, 0) is 25.1 Å². The van der Waals surface area contributed by atoms with Gasteiger partial charge in [-0.2, -0.15) is 18.3 Å². The third-order valence-corrected chi connectivity index (χ3v) is 3.16. The number of hydrogen-bond donors (Lipinski definition) is 2. The van der Waals surface area contributed by atoms with Gasteiger partial charge >= 0.3 is 12.2 Å². The molecule has 2 N–H and O–H groups in total. The topological polar surface area (TPSA) is 71.8 Å². The van der Waals surface area contributed by atoms with Gasteiger partial charge in [-0.3, -0.25) is 4.68 Å². The van der Waals surface area contributed by atoms with Gasteiger partial charge in [0, 0.05) is 6.04 Å². The molecule has 1 aromatic carbocycles. The highest BCUT2D eigenvalue weighted by atomic mass is 35.5. The van der Waals surface area contributed by atoms with Crippen molar-refractivity contribution in [2.75, 3.05) is 5.32 Å². The molecule has 2 rings (SSSR count). The van der Waals surface area contributed by atoms with Gasteiger partial charge in [0.1, 0.15) is 12.7 Å². The van der Waals surface area contributed by atoms with E-state index in [2.05, 4.69) is 20.7 Å². The van der Waals surface area contributed by atoms with E-state index < -0.39 is 17.8 Å². The zero-order valence-electron chi connectivity index (χ0n) is 11.9. The van der Waals surface area contributed by atoms with Crippen molar-refractivity contribution in [1.82, 2.24) is 20.1 Å². The fraction of sp³-hybridized carbons (Fsp3) is 0.308. The minimum absolute atomic E-state index is 0.0881. The standard InChI is InChI=1S/C13H13ClF3N5O/c1-8(5-22-7-18-6-19-22)20-12(23)21-11-3-2-9(4-10(11)14)13(15,16)17/h2-4,6-8H,5H2,1H3,(H2,20,21,23)/t8-/m1/s1. The number of aromatic nitrogens is 3. The third-order valence-electron chi connectivity index (χ3n) is 2.85. The van der Waals surface area contributed by atoms with Crippen molar-refractivity contribution >= 4 is 23.3 Å². The molecule has 23 heavy (non-hydrogen) atoms. The molecule has 0 spiro atoms. The first-order valence-electron chi connectivity index (χ1n) is 6.52. The number of carbonyl (C=O) groups is 1. The molecule has 0 aliphatic rings. The highest BCUT2D eigenvalue weighted by molar-refractivity contribution is 6.33. The van der Waals surface area contributed by atoms with E-state index in [0.717, 1.165) is 18.2 Å². The minimum atomic E-state index is -4.49. The lowest BCUT2D eigenvalue weighted by atomic mass is 10.2. The van der Waals surface area contributed by atoms with Crippen LogP contribution in [-0.2, 0) is 12.7 Å². The zero-order chi connectivity index (χ0) is 17.0. The number of urea groups is 1. The van der Waals surface area contributed by atoms with Gasteiger partial charge in [0.05, 0.1) is 22.8 Å². The molecular weight excluding hydrogens is 335 g/mol. The van der Waals surface area contributed by atoms with E-state index in [1.165, 1.54) is 17.3 Å². The Hall–Kier alpha value is -2.29. The van der Waals surface area contributed by atoms with Gasteiger partial charge in [-0.1, -0.05) is 11.6 Å². The Morgan fingerprint density at radius 1 is 1.43 bits per heavy atom. The van der Waals surface area contributed by atoms with E-state index in [-0.39, 0.29) is 16.8 Å². The Morgan fingerprint density at radius 2 is 2.17 bits per heavy atom. The van der Waals surface area contributed by atoms with Crippen LogP contribution in [0.2, 0.25) is 5.02 Å².